The molecule has 2 aliphatic carbocycles. The summed E-state index contributed by atoms with van der Waals surface area (Å²) in [6, 6.07) is 17.8. The minimum Gasteiger partial charge on any atom is -0.489 e. The van der Waals surface area contributed by atoms with E-state index in [0.717, 1.165) is 28.8 Å². The van der Waals surface area contributed by atoms with Gasteiger partial charge in [-0.25, -0.2) is 0 Å². The number of anilines is 1. The third-order valence-corrected chi connectivity index (χ3v) is 5.72. The van der Waals surface area contributed by atoms with Crippen LogP contribution >= 0.6 is 0 Å². The van der Waals surface area contributed by atoms with Crippen molar-refractivity contribution in [3.05, 3.63) is 60.2 Å². The number of amides is 1. The molecule has 25 heavy (non-hydrogen) atoms. The largest absolute Gasteiger partial charge is 0.489 e. The Hall–Kier alpha value is -2.29. The molecule has 0 aromatic heterocycles. The smallest absolute Gasteiger partial charge is 0.224 e. The van der Waals surface area contributed by atoms with Gasteiger partial charge in [0.1, 0.15) is 12.4 Å². The second-order valence-electron chi connectivity index (χ2n) is 7.49. The van der Waals surface area contributed by atoms with Crippen molar-refractivity contribution in [1.82, 2.24) is 0 Å². The number of carbonyl (C=O) groups is 1. The maximum atomic E-state index is 12.3. The van der Waals surface area contributed by atoms with E-state index in [2.05, 4.69) is 5.32 Å². The number of hydrogen-bond donors (Lipinski definition) is 1. The highest BCUT2D eigenvalue weighted by atomic mass is 16.5. The van der Waals surface area contributed by atoms with Crippen LogP contribution in [-0.4, -0.2) is 5.91 Å². The second kappa shape index (κ2) is 7.30. The van der Waals surface area contributed by atoms with Crippen LogP contribution in [0.1, 0.15) is 37.7 Å². The molecule has 2 aromatic rings. The third kappa shape index (κ3) is 4.04. The van der Waals surface area contributed by atoms with Crippen LogP contribution in [0.3, 0.4) is 0 Å². The highest BCUT2D eigenvalue weighted by Crippen LogP contribution is 2.49. The molecule has 0 radical (unpaired) electrons. The van der Waals surface area contributed by atoms with E-state index in [1.54, 1.807) is 0 Å². The van der Waals surface area contributed by atoms with E-state index in [1.165, 1.54) is 25.7 Å². The van der Waals surface area contributed by atoms with Gasteiger partial charge in [0.05, 0.1) is 0 Å². The van der Waals surface area contributed by atoms with Gasteiger partial charge in [0.15, 0.2) is 0 Å². The summed E-state index contributed by atoms with van der Waals surface area (Å²) in [5.74, 6) is 3.26. The Labute approximate surface area is 149 Å². The van der Waals surface area contributed by atoms with Crippen LogP contribution in [0.2, 0.25) is 0 Å². The number of benzene rings is 2. The second-order valence-corrected chi connectivity index (χ2v) is 7.49. The van der Waals surface area contributed by atoms with Gasteiger partial charge in [-0.15, -0.1) is 0 Å². The van der Waals surface area contributed by atoms with Gasteiger partial charge in [0.25, 0.3) is 0 Å². The zero-order valence-electron chi connectivity index (χ0n) is 14.5. The van der Waals surface area contributed by atoms with Gasteiger partial charge in [0, 0.05) is 12.1 Å². The molecular formula is C22H25NO2. The first-order chi connectivity index (χ1) is 12.3. The number of nitrogens with one attached hydrogen (secondary N) is 1. The fraction of sp³-hybridized carbons (Fsp3) is 0.409. The van der Waals surface area contributed by atoms with Crippen LogP contribution in [0.25, 0.3) is 0 Å². The van der Waals surface area contributed by atoms with E-state index in [0.29, 0.717) is 18.9 Å². The Kier molecular flexibility index (Phi) is 4.73. The molecule has 0 heterocycles. The van der Waals surface area contributed by atoms with Crippen LogP contribution in [0, 0.1) is 17.8 Å². The van der Waals surface area contributed by atoms with Crippen LogP contribution in [0.15, 0.2) is 54.6 Å². The number of ether oxygens (including phenoxy) is 1. The number of rotatable bonds is 6. The molecule has 3 heteroatoms. The third-order valence-electron chi connectivity index (χ3n) is 5.72. The lowest BCUT2D eigenvalue weighted by Gasteiger charge is -2.20. The Morgan fingerprint density at radius 1 is 1.00 bits per heavy atom. The summed E-state index contributed by atoms with van der Waals surface area (Å²) in [5.41, 5.74) is 1.99. The van der Waals surface area contributed by atoms with Crippen molar-refractivity contribution in [2.24, 2.45) is 17.8 Å². The molecule has 2 bridgehead atoms. The fourth-order valence-electron chi connectivity index (χ4n) is 4.45. The molecule has 4 rings (SSSR count). The Balaban J connectivity index is 1.26. The van der Waals surface area contributed by atoms with Crippen molar-refractivity contribution in [2.45, 2.75) is 38.7 Å². The summed E-state index contributed by atoms with van der Waals surface area (Å²) in [4.78, 5) is 12.3. The average molecular weight is 335 g/mol. The summed E-state index contributed by atoms with van der Waals surface area (Å²) >= 11 is 0. The van der Waals surface area contributed by atoms with Gasteiger partial charge < -0.3 is 10.1 Å². The molecule has 0 aliphatic heterocycles. The molecule has 2 fully saturated rings. The monoisotopic (exact) mass is 335 g/mol. The highest BCUT2D eigenvalue weighted by Gasteiger charge is 2.40. The summed E-state index contributed by atoms with van der Waals surface area (Å²) in [6.45, 7) is 0.552. The average Bonchev–Trinajstić information content (AvgIpc) is 3.25. The van der Waals surface area contributed by atoms with Crippen molar-refractivity contribution in [2.75, 3.05) is 5.32 Å². The summed E-state index contributed by atoms with van der Waals surface area (Å²) < 4.78 is 5.78. The Morgan fingerprint density at radius 2 is 1.80 bits per heavy atom. The van der Waals surface area contributed by atoms with Crippen molar-refractivity contribution in [3.8, 4) is 5.75 Å². The van der Waals surface area contributed by atoms with Crippen molar-refractivity contribution < 1.29 is 9.53 Å². The minimum atomic E-state index is 0.149. The predicted molar refractivity (Wildman–Crippen MR) is 99.4 cm³/mol. The lowest BCUT2D eigenvalue weighted by atomic mass is 9.86. The SMILES string of the molecule is O=C(C[C@@H]1C[C@H]2CC[C@@H]1C2)Nc1ccc(OCc2ccccc2)cc1. The lowest BCUT2D eigenvalue weighted by Crippen LogP contribution is -2.20. The molecular weight excluding hydrogens is 310 g/mol. The van der Waals surface area contributed by atoms with E-state index in [1.807, 2.05) is 54.6 Å². The van der Waals surface area contributed by atoms with E-state index in [9.17, 15) is 4.79 Å². The first-order valence-corrected chi connectivity index (χ1v) is 9.33. The maximum Gasteiger partial charge on any atom is 0.224 e. The molecule has 0 spiro atoms. The van der Waals surface area contributed by atoms with Gasteiger partial charge in [-0.05, 0) is 66.8 Å². The zero-order valence-corrected chi connectivity index (χ0v) is 14.5. The fourth-order valence-corrected chi connectivity index (χ4v) is 4.45. The topological polar surface area (TPSA) is 38.3 Å². The van der Waals surface area contributed by atoms with Gasteiger partial charge >= 0.3 is 0 Å². The minimum absolute atomic E-state index is 0.149. The molecule has 2 aromatic carbocycles. The lowest BCUT2D eigenvalue weighted by molar-refractivity contribution is -0.117. The molecule has 1 amide bonds. The summed E-state index contributed by atoms with van der Waals surface area (Å²) in [5, 5.41) is 3.03. The standard InChI is InChI=1S/C22H25NO2/c24-22(14-19-13-17-6-7-18(19)12-17)23-20-8-10-21(11-9-20)25-15-16-4-2-1-3-5-16/h1-5,8-11,17-19H,6-7,12-15H2,(H,23,24)/t17-,18+,19-/m0/s1. The van der Waals surface area contributed by atoms with E-state index < -0.39 is 0 Å². The molecule has 0 unspecified atom stereocenters. The normalized spacial score (nSPS) is 24.2. The van der Waals surface area contributed by atoms with Crippen LogP contribution in [0.4, 0.5) is 5.69 Å². The van der Waals surface area contributed by atoms with Crippen molar-refractivity contribution in [3.63, 3.8) is 0 Å². The van der Waals surface area contributed by atoms with Crippen LogP contribution in [0.5, 0.6) is 5.75 Å². The Morgan fingerprint density at radius 3 is 2.48 bits per heavy atom. The zero-order chi connectivity index (χ0) is 17.1. The van der Waals surface area contributed by atoms with Crippen molar-refractivity contribution in [1.29, 1.82) is 0 Å². The molecule has 1 N–H and O–H groups in total. The quantitative estimate of drug-likeness (QED) is 0.804. The first-order valence-electron chi connectivity index (χ1n) is 9.33. The summed E-state index contributed by atoms with van der Waals surface area (Å²) in [7, 11) is 0. The Bertz CT molecular complexity index is 711. The highest BCUT2D eigenvalue weighted by molar-refractivity contribution is 5.90. The predicted octanol–water partition coefficient (Wildman–Crippen LogP) is 5.03. The summed E-state index contributed by atoms with van der Waals surface area (Å²) in [6.07, 6.45) is 5.99. The molecule has 0 saturated heterocycles. The number of fused-ring (bicyclic) bond motifs is 2. The van der Waals surface area contributed by atoms with Gasteiger partial charge in [-0.2, -0.15) is 0 Å². The molecule has 2 saturated carbocycles. The van der Waals surface area contributed by atoms with Gasteiger partial charge in [-0.3, -0.25) is 4.79 Å². The van der Waals surface area contributed by atoms with Gasteiger partial charge in [-0.1, -0.05) is 36.8 Å². The van der Waals surface area contributed by atoms with E-state index in [-0.39, 0.29) is 5.91 Å². The van der Waals surface area contributed by atoms with Crippen LogP contribution in [-0.2, 0) is 11.4 Å². The number of carbonyl (C=O) groups excluding carboxylic acids is 1. The molecule has 2 aliphatic rings. The number of hydrogen-bond acceptors (Lipinski definition) is 2. The van der Waals surface area contributed by atoms with Crippen LogP contribution < -0.4 is 10.1 Å². The van der Waals surface area contributed by atoms with E-state index >= 15 is 0 Å². The van der Waals surface area contributed by atoms with Gasteiger partial charge in [0.2, 0.25) is 5.91 Å². The molecule has 3 atom stereocenters. The molecule has 3 nitrogen and oxygen atoms in total. The first kappa shape index (κ1) is 16.2. The van der Waals surface area contributed by atoms with Crippen molar-refractivity contribution >= 4 is 11.6 Å². The molecule has 130 valence electrons. The van der Waals surface area contributed by atoms with E-state index in [4.69, 9.17) is 4.74 Å². The maximum absolute atomic E-state index is 12.3.